The maximum Gasteiger partial charge on any atom is 0.223 e. The molecule has 1 aromatic heterocycles. The van der Waals surface area contributed by atoms with Crippen molar-refractivity contribution in [3.8, 4) is 0 Å². The van der Waals surface area contributed by atoms with Gasteiger partial charge in [0.25, 0.3) is 0 Å². The van der Waals surface area contributed by atoms with Crippen LogP contribution in [0.25, 0.3) is 0 Å². The molecule has 2 saturated heterocycles. The van der Waals surface area contributed by atoms with Gasteiger partial charge >= 0.3 is 0 Å². The first-order chi connectivity index (χ1) is 15.0. The van der Waals surface area contributed by atoms with E-state index in [1.807, 2.05) is 6.92 Å². The summed E-state index contributed by atoms with van der Waals surface area (Å²) in [5, 5.41) is 0. The third-order valence-corrected chi connectivity index (χ3v) is 7.87. The standard InChI is InChI=1S/C26H35N3O2/c1-20-7-8-22(31-20)19-28-11-9-26(10-12-28)18-21(23-5-3-4-6-24(23)26)17-25(30)29-15-13-27(2)14-16-29/h3-8,21H,9-19H2,1-2H3. The van der Waals surface area contributed by atoms with Gasteiger partial charge in [-0.15, -0.1) is 0 Å². The molecule has 1 aromatic carbocycles. The Morgan fingerprint density at radius 2 is 1.77 bits per heavy atom. The van der Waals surface area contributed by atoms with Crippen molar-refractivity contribution in [2.24, 2.45) is 0 Å². The number of piperidine rings is 1. The number of likely N-dealkylation sites (tertiary alicyclic amines) is 1. The maximum atomic E-state index is 13.1. The lowest BCUT2D eigenvalue weighted by Crippen LogP contribution is -2.47. The van der Waals surface area contributed by atoms with Gasteiger partial charge in [0.1, 0.15) is 11.5 Å². The highest BCUT2D eigenvalue weighted by atomic mass is 16.3. The molecule has 1 unspecified atom stereocenters. The van der Waals surface area contributed by atoms with Crippen LogP contribution in [0.1, 0.15) is 54.2 Å². The minimum absolute atomic E-state index is 0.235. The van der Waals surface area contributed by atoms with Crippen molar-refractivity contribution in [3.05, 3.63) is 59.0 Å². The molecule has 0 N–H and O–H groups in total. The van der Waals surface area contributed by atoms with Gasteiger partial charge in [-0.25, -0.2) is 0 Å². The monoisotopic (exact) mass is 421 g/mol. The molecule has 3 heterocycles. The number of rotatable bonds is 4. The van der Waals surface area contributed by atoms with E-state index in [0.717, 1.165) is 63.8 Å². The van der Waals surface area contributed by atoms with E-state index < -0.39 is 0 Å². The van der Waals surface area contributed by atoms with E-state index in [-0.39, 0.29) is 5.41 Å². The third kappa shape index (κ3) is 4.18. The van der Waals surface area contributed by atoms with Crippen LogP contribution in [0.5, 0.6) is 0 Å². The van der Waals surface area contributed by atoms with Crippen LogP contribution in [-0.2, 0) is 16.8 Å². The van der Waals surface area contributed by atoms with E-state index in [9.17, 15) is 4.79 Å². The number of benzene rings is 1. The normalized spacial score (nSPS) is 23.9. The van der Waals surface area contributed by atoms with Crippen molar-refractivity contribution in [2.45, 2.75) is 50.5 Å². The molecular formula is C26H35N3O2. The molecule has 1 aliphatic carbocycles. The fourth-order valence-electron chi connectivity index (χ4n) is 6.01. The van der Waals surface area contributed by atoms with Gasteiger partial charge in [0.2, 0.25) is 5.91 Å². The smallest absolute Gasteiger partial charge is 0.223 e. The predicted molar refractivity (Wildman–Crippen MR) is 122 cm³/mol. The lowest BCUT2D eigenvalue weighted by molar-refractivity contribution is -0.133. The Morgan fingerprint density at radius 3 is 2.48 bits per heavy atom. The molecule has 1 atom stereocenters. The minimum Gasteiger partial charge on any atom is -0.465 e. The molecule has 0 radical (unpaired) electrons. The number of likely N-dealkylation sites (N-methyl/N-ethyl adjacent to an activating group) is 1. The first-order valence-corrected chi connectivity index (χ1v) is 11.9. The summed E-state index contributed by atoms with van der Waals surface area (Å²) in [4.78, 5) is 20.0. The average Bonchev–Trinajstić information content (AvgIpc) is 3.32. The highest BCUT2D eigenvalue weighted by Gasteiger charge is 2.45. The number of hydrogen-bond acceptors (Lipinski definition) is 4. The van der Waals surface area contributed by atoms with Gasteiger partial charge in [-0.1, -0.05) is 24.3 Å². The maximum absolute atomic E-state index is 13.1. The van der Waals surface area contributed by atoms with Crippen LogP contribution in [0.2, 0.25) is 0 Å². The summed E-state index contributed by atoms with van der Waals surface area (Å²) in [6.07, 6.45) is 4.13. The zero-order chi connectivity index (χ0) is 21.4. The highest BCUT2D eigenvalue weighted by Crippen LogP contribution is 2.52. The number of aryl methyl sites for hydroxylation is 1. The van der Waals surface area contributed by atoms with Gasteiger partial charge in [0.05, 0.1) is 6.54 Å². The number of carbonyl (C=O) groups excluding carboxylic acids is 1. The number of furan rings is 1. The summed E-state index contributed by atoms with van der Waals surface area (Å²) >= 11 is 0. The lowest BCUT2D eigenvalue weighted by Gasteiger charge is -2.40. The van der Waals surface area contributed by atoms with Gasteiger partial charge in [-0.05, 0) is 80.9 Å². The number of amides is 1. The molecule has 1 spiro atoms. The highest BCUT2D eigenvalue weighted by molar-refractivity contribution is 5.77. The summed E-state index contributed by atoms with van der Waals surface area (Å²) in [6, 6.07) is 13.1. The van der Waals surface area contributed by atoms with Crippen molar-refractivity contribution in [3.63, 3.8) is 0 Å². The first kappa shape index (κ1) is 20.8. The molecule has 1 amide bonds. The Hall–Kier alpha value is -2.11. The Balaban J connectivity index is 1.26. The van der Waals surface area contributed by atoms with E-state index >= 15 is 0 Å². The van der Waals surface area contributed by atoms with E-state index in [0.29, 0.717) is 18.2 Å². The van der Waals surface area contributed by atoms with Crippen LogP contribution >= 0.6 is 0 Å². The molecule has 5 rings (SSSR count). The first-order valence-electron chi connectivity index (χ1n) is 11.9. The Kier molecular flexibility index (Phi) is 5.65. The van der Waals surface area contributed by atoms with Crippen LogP contribution in [0.3, 0.4) is 0 Å². The van der Waals surface area contributed by atoms with E-state index in [1.54, 1.807) is 0 Å². The van der Waals surface area contributed by atoms with Crippen molar-refractivity contribution < 1.29 is 9.21 Å². The van der Waals surface area contributed by atoms with E-state index in [1.165, 1.54) is 24.0 Å². The van der Waals surface area contributed by atoms with Crippen molar-refractivity contribution >= 4 is 5.91 Å². The Morgan fingerprint density at radius 1 is 1.03 bits per heavy atom. The van der Waals surface area contributed by atoms with Crippen molar-refractivity contribution in [1.29, 1.82) is 0 Å². The minimum atomic E-state index is 0.235. The van der Waals surface area contributed by atoms with Crippen LogP contribution in [-0.4, -0.2) is 66.9 Å². The fraction of sp³-hybridized carbons (Fsp3) is 0.577. The molecule has 5 nitrogen and oxygen atoms in total. The van der Waals surface area contributed by atoms with Gasteiger partial charge in [0.15, 0.2) is 0 Å². The second-order valence-electron chi connectivity index (χ2n) is 9.95. The van der Waals surface area contributed by atoms with Gasteiger partial charge < -0.3 is 14.2 Å². The lowest BCUT2D eigenvalue weighted by atomic mass is 9.73. The molecule has 5 heteroatoms. The number of piperazine rings is 1. The van der Waals surface area contributed by atoms with Gasteiger partial charge in [-0.2, -0.15) is 0 Å². The molecule has 2 aromatic rings. The van der Waals surface area contributed by atoms with Crippen LogP contribution in [0, 0.1) is 6.92 Å². The summed E-state index contributed by atoms with van der Waals surface area (Å²) in [7, 11) is 2.14. The van der Waals surface area contributed by atoms with E-state index in [2.05, 4.69) is 58.1 Å². The SMILES string of the molecule is Cc1ccc(CN2CCC3(CC2)CC(CC(=O)N2CCN(C)CC2)c2ccccc23)o1. The predicted octanol–water partition coefficient (Wildman–Crippen LogP) is 3.77. The molecule has 31 heavy (non-hydrogen) atoms. The molecule has 0 bridgehead atoms. The fourth-order valence-corrected chi connectivity index (χ4v) is 6.01. The average molecular weight is 422 g/mol. The second-order valence-corrected chi connectivity index (χ2v) is 9.95. The van der Waals surface area contributed by atoms with Crippen LogP contribution < -0.4 is 0 Å². The van der Waals surface area contributed by atoms with E-state index in [4.69, 9.17) is 4.42 Å². The third-order valence-electron chi connectivity index (χ3n) is 7.87. The number of hydrogen-bond donors (Lipinski definition) is 0. The molecule has 3 aliphatic rings. The Labute approximate surface area is 186 Å². The largest absolute Gasteiger partial charge is 0.465 e. The number of carbonyl (C=O) groups is 1. The van der Waals surface area contributed by atoms with Crippen molar-refractivity contribution in [2.75, 3.05) is 46.3 Å². The van der Waals surface area contributed by atoms with Crippen LogP contribution in [0.4, 0.5) is 0 Å². The summed E-state index contributed by atoms with van der Waals surface area (Å²) in [5.41, 5.74) is 3.18. The van der Waals surface area contributed by atoms with Crippen LogP contribution in [0.15, 0.2) is 40.8 Å². The quantitative estimate of drug-likeness (QED) is 0.753. The molecule has 0 saturated carbocycles. The summed E-state index contributed by atoms with van der Waals surface area (Å²) in [6.45, 7) is 8.81. The van der Waals surface area contributed by atoms with Gasteiger partial charge in [0, 0.05) is 32.6 Å². The molecular weight excluding hydrogens is 386 g/mol. The second kappa shape index (κ2) is 8.44. The zero-order valence-corrected chi connectivity index (χ0v) is 19.0. The topological polar surface area (TPSA) is 39.9 Å². The zero-order valence-electron chi connectivity index (χ0n) is 19.0. The van der Waals surface area contributed by atoms with Gasteiger partial charge in [-0.3, -0.25) is 9.69 Å². The molecule has 2 aliphatic heterocycles. The summed E-state index contributed by atoms with van der Waals surface area (Å²) in [5.74, 6) is 2.76. The van der Waals surface area contributed by atoms with Crippen molar-refractivity contribution in [1.82, 2.24) is 14.7 Å². The Bertz CT molecular complexity index is 920. The number of fused-ring (bicyclic) bond motifs is 2. The summed E-state index contributed by atoms with van der Waals surface area (Å²) < 4.78 is 5.80. The number of nitrogens with zero attached hydrogens (tertiary/aromatic N) is 3. The molecule has 166 valence electrons. The molecule has 2 fully saturated rings.